The second kappa shape index (κ2) is 2.46. The van der Waals surface area contributed by atoms with Gasteiger partial charge in [0.15, 0.2) is 6.10 Å². The minimum Gasteiger partial charge on any atom is -0.457 e. The molecule has 0 bridgehead atoms. The Kier molecular flexibility index (Phi) is 1.65. The Morgan fingerprint density at radius 3 is 3.00 bits per heavy atom. The lowest BCUT2D eigenvalue weighted by atomic mass is 9.76. The Labute approximate surface area is 71.7 Å². The zero-order valence-corrected chi connectivity index (χ0v) is 7.25. The summed E-state index contributed by atoms with van der Waals surface area (Å²) >= 11 is 0. The lowest BCUT2D eigenvalue weighted by molar-refractivity contribution is -0.152. The van der Waals surface area contributed by atoms with Crippen LogP contribution in [-0.4, -0.2) is 22.8 Å². The van der Waals surface area contributed by atoms with Gasteiger partial charge in [-0.2, -0.15) is 0 Å². The van der Waals surface area contributed by atoms with E-state index in [0.29, 0.717) is 0 Å². The highest BCUT2D eigenvalue weighted by Gasteiger charge is 2.52. The van der Waals surface area contributed by atoms with E-state index in [1.807, 2.05) is 6.92 Å². The van der Waals surface area contributed by atoms with E-state index in [1.54, 1.807) is 0 Å². The van der Waals surface area contributed by atoms with Gasteiger partial charge in [0.1, 0.15) is 5.60 Å². The van der Waals surface area contributed by atoms with Crippen molar-refractivity contribution in [2.75, 3.05) is 0 Å². The maximum absolute atomic E-state index is 11.1. The molecule has 1 saturated carbocycles. The molecular formula is C9H14O3. The summed E-state index contributed by atoms with van der Waals surface area (Å²) in [5.41, 5.74) is -0.366. The summed E-state index contributed by atoms with van der Waals surface area (Å²) in [6, 6.07) is 0. The Balaban J connectivity index is 2.24. The number of rotatable bonds is 0. The third-order valence-corrected chi connectivity index (χ3v) is 3.18. The van der Waals surface area contributed by atoms with E-state index in [9.17, 15) is 9.90 Å². The second-order valence-electron chi connectivity index (χ2n) is 4.03. The van der Waals surface area contributed by atoms with Gasteiger partial charge in [-0.3, -0.25) is 0 Å². The van der Waals surface area contributed by atoms with Gasteiger partial charge in [0, 0.05) is 5.92 Å². The minimum atomic E-state index is -0.865. The molecule has 0 amide bonds. The predicted molar refractivity (Wildman–Crippen MR) is 42.5 cm³/mol. The second-order valence-corrected chi connectivity index (χ2v) is 4.03. The monoisotopic (exact) mass is 170 g/mol. The molecule has 12 heavy (non-hydrogen) atoms. The van der Waals surface area contributed by atoms with Crippen LogP contribution in [0.2, 0.25) is 0 Å². The average molecular weight is 170 g/mol. The first-order valence-corrected chi connectivity index (χ1v) is 4.54. The van der Waals surface area contributed by atoms with Gasteiger partial charge >= 0.3 is 5.97 Å². The van der Waals surface area contributed by atoms with Crippen LogP contribution in [0.4, 0.5) is 0 Å². The molecule has 3 atom stereocenters. The van der Waals surface area contributed by atoms with E-state index < -0.39 is 12.1 Å². The molecule has 68 valence electrons. The molecule has 3 nitrogen and oxygen atoms in total. The number of hydrogen-bond acceptors (Lipinski definition) is 3. The number of carbonyl (C=O) groups is 1. The number of hydrogen-bond donors (Lipinski definition) is 1. The van der Waals surface area contributed by atoms with Gasteiger partial charge in [0.05, 0.1) is 0 Å². The summed E-state index contributed by atoms with van der Waals surface area (Å²) in [5, 5.41) is 9.48. The first-order chi connectivity index (χ1) is 5.63. The van der Waals surface area contributed by atoms with Crippen molar-refractivity contribution < 1.29 is 14.6 Å². The number of ether oxygens (including phenoxy) is 1. The van der Waals surface area contributed by atoms with Crippen molar-refractivity contribution in [1.29, 1.82) is 0 Å². The zero-order valence-electron chi connectivity index (χ0n) is 7.25. The van der Waals surface area contributed by atoms with Crippen LogP contribution in [0.3, 0.4) is 0 Å². The van der Waals surface area contributed by atoms with Crippen LogP contribution in [0.1, 0.15) is 32.6 Å². The summed E-state index contributed by atoms with van der Waals surface area (Å²) in [6.07, 6.45) is 3.17. The number of aliphatic hydroxyl groups is 1. The van der Waals surface area contributed by atoms with E-state index in [-0.39, 0.29) is 11.5 Å². The molecule has 1 saturated heterocycles. The summed E-state index contributed by atoms with van der Waals surface area (Å²) in [6.45, 7) is 1.94. The van der Waals surface area contributed by atoms with Crippen molar-refractivity contribution in [2.45, 2.75) is 44.3 Å². The summed E-state index contributed by atoms with van der Waals surface area (Å²) in [7, 11) is 0. The van der Waals surface area contributed by atoms with Crippen LogP contribution >= 0.6 is 0 Å². The molecule has 2 aliphatic rings. The van der Waals surface area contributed by atoms with Crippen molar-refractivity contribution in [1.82, 2.24) is 0 Å². The first-order valence-electron chi connectivity index (χ1n) is 4.54. The average Bonchev–Trinajstić information content (AvgIpc) is 2.24. The van der Waals surface area contributed by atoms with Crippen molar-refractivity contribution >= 4 is 5.97 Å². The fraction of sp³-hybridized carbons (Fsp3) is 0.889. The molecule has 1 heterocycles. The summed E-state index contributed by atoms with van der Waals surface area (Å²) in [5.74, 6) is -0.386. The Hall–Kier alpha value is -0.570. The zero-order chi connectivity index (χ0) is 8.77. The highest BCUT2D eigenvalue weighted by Crippen LogP contribution is 2.43. The van der Waals surface area contributed by atoms with Gasteiger partial charge in [-0.25, -0.2) is 4.79 Å². The molecule has 0 aromatic rings. The molecule has 1 aliphatic carbocycles. The first kappa shape index (κ1) is 8.05. The van der Waals surface area contributed by atoms with Crippen LogP contribution in [-0.2, 0) is 9.53 Å². The molecule has 2 rings (SSSR count). The molecule has 3 heteroatoms. The van der Waals surface area contributed by atoms with E-state index in [2.05, 4.69) is 0 Å². The lowest BCUT2D eigenvalue weighted by Crippen LogP contribution is -2.37. The van der Waals surface area contributed by atoms with Crippen LogP contribution in [0.25, 0.3) is 0 Å². The highest BCUT2D eigenvalue weighted by atomic mass is 16.6. The van der Waals surface area contributed by atoms with Crippen LogP contribution in [0, 0.1) is 5.92 Å². The smallest absolute Gasteiger partial charge is 0.335 e. The van der Waals surface area contributed by atoms with Gasteiger partial charge in [0.25, 0.3) is 0 Å². The largest absolute Gasteiger partial charge is 0.457 e. The number of esters is 1. The molecule has 0 unspecified atom stereocenters. The summed E-state index contributed by atoms with van der Waals surface area (Å²) in [4.78, 5) is 11.1. The summed E-state index contributed by atoms with van der Waals surface area (Å²) < 4.78 is 5.18. The molecule has 1 aliphatic heterocycles. The highest BCUT2D eigenvalue weighted by molar-refractivity contribution is 5.78. The van der Waals surface area contributed by atoms with E-state index in [4.69, 9.17) is 4.74 Å². The maximum Gasteiger partial charge on any atom is 0.335 e. The molecule has 0 radical (unpaired) electrons. The van der Waals surface area contributed by atoms with Crippen LogP contribution in [0.5, 0.6) is 0 Å². The molecule has 2 fully saturated rings. The molecular weight excluding hydrogens is 156 g/mol. The topological polar surface area (TPSA) is 46.5 Å². The lowest BCUT2D eigenvalue weighted by Gasteiger charge is -2.33. The van der Waals surface area contributed by atoms with Crippen molar-refractivity contribution in [3.8, 4) is 0 Å². The molecule has 0 spiro atoms. The Morgan fingerprint density at radius 1 is 1.58 bits per heavy atom. The maximum atomic E-state index is 11.1. The number of fused-ring (bicyclic) bond motifs is 1. The Bertz CT molecular complexity index is 214. The van der Waals surface area contributed by atoms with Crippen molar-refractivity contribution in [3.05, 3.63) is 0 Å². The SMILES string of the molecule is C[C@@]12CCCC[C@@H]1[C@H](O)C(=O)O2. The predicted octanol–water partition coefficient (Wildman–Crippen LogP) is 0.853. The quantitative estimate of drug-likeness (QED) is 0.548. The number of carbonyl (C=O) groups excluding carboxylic acids is 1. The normalized spacial score (nSPS) is 47.0. The Morgan fingerprint density at radius 2 is 2.33 bits per heavy atom. The number of aliphatic hydroxyl groups excluding tert-OH is 1. The van der Waals surface area contributed by atoms with Gasteiger partial charge in [0.2, 0.25) is 0 Å². The van der Waals surface area contributed by atoms with Crippen LogP contribution < -0.4 is 0 Å². The standard InChI is InChI=1S/C9H14O3/c1-9-5-3-2-4-6(9)7(10)8(11)12-9/h6-7,10H,2-5H2,1H3/t6-,7+,9-/m1/s1. The van der Waals surface area contributed by atoms with Gasteiger partial charge in [-0.05, 0) is 26.2 Å². The van der Waals surface area contributed by atoms with E-state index >= 15 is 0 Å². The van der Waals surface area contributed by atoms with E-state index in [0.717, 1.165) is 25.7 Å². The fourth-order valence-electron chi connectivity index (χ4n) is 2.40. The van der Waals surface area contributed by atoms with Crippen molar-refractivity contribution in [2.24, 2.45) is 5.92 Å². The molecule has 0 aromatic heterocycles. The molecule has 1 N–H and O–H groups in total. The third-order valence-electron chi connectivity index (χ3n) is 3.18. The fourth-order valence-corrected chi connectivity index (χ4v) is 2.40. The third kappa shape index (κ3) is 0.959. The van der Waals surface area contributed by atoms with Crippen molar-refractivity contribution in [3.63, 3.8) is 0 Å². The molecule has 0 aromatic carbocycles. The van der Waals surface area contributed by atoms with Gasteiger partial charge < -0.3 is 9.84 Å². The van der Waals surface area contributed by atoms with Gasteiger partial charge in [-0.15, -0.1) is 0 Å². The van der Waals surface area contributed by atoms with E-state index in [1.165, 1.54) is 0 Å². The van der Waals surface area contributed by atoms with Gasteiger partial charge in [-0.1, -0.05) is 6.42 Å². The van der Waals surface area contributed by atoms with Crippen LogP contribution in [0.15, 0.2) is 0 Å². The minimum absolute atomic E-state index is 0.0405.